The van der Waals surface area contributed by atoms with E-state index in [0.29, 0.717) is 12.1 Å². The quantitative estimate of drug-likeness (QED) is 0.866. The molecule has 0 amide bonds. The lowest BCUT2D eigenvalue weighted by atomic mass is 9.93. The van der Waals surface area contributed by atoms with Crippen LogP contribution in [0, 0.1) is 13.8 Å². The molecule has 0 saturated carbocycles. The molecule has 0 bridgehead atoms. The second kappa shape index (κ2) is 6.51. The van der Waals surface area contributed by atoms with E-state index < -0.39 is 0 Å². The second-order valence-corrected chi connectivity index (χ2v) is 5.78. The van der Waals surface area contributed by atoms with Crippen LogP contribution >= 0.6 is 0 Å². The molecule has 0 aliphatic carbocycles. The summed E-state index contributed by atoms with van der Waals surface area (Å²) < 4.78 is 0. The van der Waals surface area contributed by atoms with Gasteiger partial charge in [-0.2, -0.15) is 0 Å². The highest BCUT2D eigenvalue weighted by Crippen LogP contribution is 2.24. The minimum absolute atomic E-state index is 0.438. The lowest BCUT2D eigenvalue weighted by Crippen LogP contribution is -2.50. The van der Waals surface area contributed by atoms with Gasteiger partial charge in [0.05, 0.1) is 0 Å². The van der Waals surface area contributed by atoms with Crippen molar-refractivity contribution in [3.8, 4) is 0 Å². The summed E-state index contributed by atoms with van der Waals surface area (Å²) in [5.74, 6) is 0. The van der Waals surface area contributed by atoms with Crippen molar-refractivity contribution >= 4 is 0 Å². The summed E-state index contributed by atoms with van der Waals surface area (Å²) in [6.07, 6.45) is 1.16. The van der Waals surface area contributed by atoms with Gasteiger partial charge < -0.3 is 15.5 Å². The molecule has 3 heteroatoms. The predicted molar refractivity (Wildman–Crippen MR) is 81.6 cm³/mol. The van der Waals surface area contributed by atoms with Gasteiger partial charge in [-0.1, -0.05) is 23.8 Å². The Morgan fingerprint density at radius 3 is 2.84 bits per heavy atom. The molecule has 1 heterocycles. The van der Waals surface area contributed by atoms with Gasteiger partial charge in [-0.3, -0.25) is 0 Å². The SMILES string of the molecule is CNC(CC1CNCCN1C)c1ccc(C)cc1C. The molecule has 1 aliphatic heterocycles. The summed E-state index contributed by atoms with van der Waals surface area (Å²) in [5, 5.41) is 6.99. The third-order valence-corrected chi connectivity index (χ3v) is 4.30. The maximum absolute atomic E-state index is 3.50. The first-order valence-corrected chi connectivity index (χ1v) is 7.27. The molecule has 2 N–H and O–H groups in total. The van der Waals surface area contributed by atoms with Crippen molar-refractivity contribution in [2.45, 2.75) is 32.4 Å². The minimum atomic E-state index is 0.438. The van der Waals surface area contributed by atoms with Crippen LogP contribution in [0.3, 0.4) is 0 Å². The Bertz CT molecular complexity index is 416. The summed E-state index contributed by atoms with van der Waals surface area (Å²) in [4.78, 5) is 2.48. The van der Waals surface area contributed by atoms with Crippen molar-refractivity contribution in [3.63, 3.8) is 0 Å². The topological polar surface area (TPSA) is 27.3 Å². The van der Waals surface area contributed by atoms with Crippen molar-refractivity contribution in [2.24, 2.45) is 0 Å². The van der Waals surface area contributed by atoms with Gasteiger partial charge in [0.1, 0.15) is 0 Å². The predicted octanol–water partition coefficient (Wildman–Crippen LogP) is 1.86. The Morgan fingerprint density at radius 2 is 2.21 bits per heavy atom. The maximum atomic E-state index is 3.50. The maximum Gasteiger partial charge on any atom is 0.0335 e. The van der Waals surface area contributed by atoms with Crippen molar-refractivity contribution in [3.05, 3.63) is 34.9 Å². The van der Waals surface area contributed by atoms with Crippen molar-refractivity contribution in [1.82, 2.24) is 15.5 Å². The summed E-state index contributed by atoms with van der Waals surface area (Å²) in [7, 11) is 4.31. The van der Waals surface area contributed by atoms with Crippen LogP contribution < -0.4 is 10.6 Å². The fourth-order valence-electron chi connectivity index (χ4n) is 3.01. The molecule has 2 unspecified atom stereocenters. The highest BCUT2D eigenvalue weighted by atomic mass is 15.2. The van der Waals surface area contributed by atoms with Crippen LogP contribution in [-0.2, 0) is 0 Å². The number of hydrogen-bond acceptors (Lipinski definition) is 3. The standard InChI is InChI=1S/C16H27N3/c1-12-5-6-15(13(2)9-12)16(17-3)10-14-11-18-7-8-19(14)4/h5-6,9,14,16-18H,7-8,10-11H2,1-4H3. The molecule has 1 aliphatic rings. The van der Waals surface area contributed by atoms with Gasteiger partial charge in [-0.25, -0.2) is 0 Å². The number of nitrogens with zero attached hydrogens (tertiary/aromatic N) is 1. The van der Waals surface area contributed by atoms with Gasteiger partial charge in [0.15, 0.2) is 0 Å². The van der Waals surface area contributed by atoms with E-state index in [4.69, 9.17) is 0 Å². The average molecular weight is 261 g/mol. The van der Waals surface area contributed by atoms with Gasteiger partial charge in [-0.15, -0.1) is 0 Å². The lowest BCUT2D eigenvalue weighted by molar-refractivity contribution is 0.178. The van der Waals surface area contributed by atoms with Gasteiger partial charge in [0.2, 0.25) is 0 Å². The minimum Gasteiger partial charge on any atom is -0.314 e. The fraction of sp³-hybridized carbons (Fsp3) is 0.625. The van der Waals surface area contributed by atoms with Crippen LogP contribution in [0.1, 0.15) is 29.2 Å². The fourth-order valence-corrected chi connectivity index (χ4v) is 3.01. The molecule has 1 fully saturated rings. The third-order valence-electron chi connectivity index (χ3n) is 4.30. The van der Waals surface area contributed by atoms with E-state index in [2.05, 4.69) is 61.7 Å². The summed E-state index contributed by atoms with van der Waals surface area (Å²) in [5.41, 5.74) is 4.17. The van der Waals surface area contributed by atoms with Crippen molar-refractivity contribution in [2.75, 3.05) is 33.7 Å². The van der Waals surface area contributed by atoms with Crippen molar-refractivity contribution in [1.29, 1.82) is 0 Å². The lowest BCUT2D eigenvalue weighted by Gasteiger charge is -2.35. The molecule has 2 atom stereocenters. The first kappa shape index (κ1) is 14.5. The third kappa shape index (κ3) is 3.56. The van der Waals surface area contributed by atoms with E-state index in [1.807, 2.05) is 0 Å². The van der Waals surface area contributed by atoms with Crippen LogP contribution in [0.4, 0.5) is 0 Å². The van der Waals surface area contributed by atoms with Crippen LogP contribution in [-0.4, -0.2) is 44.7 Å². The van der Waals surface area contributed by atoms with E-state index in [9.17, 15) is 0 Å². The highest BCUT2D eigenvalue weighted by molar-refractivity contribution is 5.33. The molecule has 2 rings (SSSR count). The monoisotopic (exact) mass is 261 g/mol. The van der Waals surface area contributed by atoms with Crippen LogP contribution in [0.25, 0.3) is 0 Å². The van der Waals surface area contributed by atoms with E-state index in [0.717, 1.165) is 26.1 Å². The van der Waals surface area contributed by atoms with Crippen molar-refractivity contribution < 1.29 is 0 Å². The van der Waals surface area contributed by atoms with Crippen LogP contribution in [0.2, 0.25) is 0 Å². The first-order valence-electron chi connectivity index (χ1n) is 7.27. The van der Waals surface area contributed by atoms with E-state index in [1.165, 1.54) is 16.7 Å². The summed E-state index contributed by atoms with van der Waals surface area (Å²) in [6.45, 7) is 7.73. The van der Waals surface area contributed by atoms with E-state index >= 15 is 0 Å². The molecule has 0 spiro atoms. The zero-order valence-corrected chi connectivity index (χ0v) is 12.7. The molecule has 3 nitrogen and oxygen atoms in total. The largest absolute Gasteiger partial charge is 0.314 e. The summed E-state index contributed by atoms with van der Waals surface area (Å²) >= 11 is 0. The molecule has 19 heavy (non-hydrogen) atoms. The number of piperazine rings is 1. The van der Waals surface area contributed by atoms with Gasteiger partial charge in [0, 0.05) is 31.7 Å². The smallest absolute Gasteiger partial charge is 0.0335 e. The van der Waals surface area contributed by atoms with E-state index in [1.54, 1.807) is 0 Å². The number of aryl methyl sites for hydroxylation is 2. The molecular weight excluding hydrogens is 234 g/mol. The van der Waals surface area contributed by atoms with Crippen LogP contribution in [0.15, 0.2) is 18.2 Å². The van der Waals surface area contributed by atoms with E-state index in [-0.39, 0.29) is 0 Å². The Morgan fingerprint density at radius 1 is 1.42 bits per heavy atom. The van der Waals surface area contributed by atoms with Gasteiger partial charge in [0.25, 0.3) is 0 Å². The molecule has 1 aromatic carbocycles. The van der Waals surface area contributed by atoms with Gasteiger partial charge >= 0.3 is 0 Å². The number of rotatable bonds is 4. The zero-order chi connectivity index (χ0) is 13.8. The Hall–Kier alpha value is -0.900. The summed E-state index contributed by atoms with van der Waals surface area (Å²) in [6, 6.07) is 7.83. The van der Waals surface area contributed by atoms with Crippen LogP contribution in [0.5, 0.6) is 0 Å². The molecule has 106 valence electrons. The Balaban J connectivity index is 2.10. The molecule has 0 radical (unpaired) electrons. The molecule has 1 aromatic rings. The van der Waals surface area contributed by atoms with Gasteiger partial charge in [-0.05, 0) is 45.5 Å². The average Bonchev–Trinajstić information content (AvgIpc) is 2.39. The molecular formula is C16H27N3. The molecule has 0 aromatic heterocycles. The number of benzene rings is 1. The number of likely N-dealkylation sites (N-methyl/N-ethyl adjacent to an activating group) is 1. The Labute approximate surface area is 117 Å². The molecule has 1 saturated heterocycles. The highest BCUT2D eigenvalue weighted by Gasteiger charge is 2.23. The second-order valence-electron chi connectivity index (χ2n) is 5.78. The number of hydrogen-bond donors (Lipinski definition) is 2. The number of nitrogens with one attached hydrogen (secondary N) is 2. The normalized spacial score (nSPS) is 22.4. The first-order chi connectivity index (χ1) is 9.11. The Kier molecular flexibility index (Phi) is 4.97. The zero-order valence-electron chi connectivity index (χ0n) is 12.7.